The van der Waals surface area contributed by atoms with Gasteiger partial charge in [-0.15, -0.1) is 0 Å². The number of methoxy groups -OCH3 is 1. The van der Waals surface area contributed by atoms with Gasteiger partial charge in [0.1, 0.15) is 0 Å². The Morgan fingerprint density at radius 2 is 1.90 bits per heavy atom. The van der Waals surface area contributed by atoms with Crippen molar-refractivity contribution in [1.29, 1.82) is 0 Å². The van der Waals surface area contributed by atoms with E-state index in [-0.39, 0.29) is 28.7 Å². The molecule has 0 aromatic heterocycles. The lowest BCUT2D eigenvalue weighted by Crippen LogP contribution is -2.29. The second-order valence-electron chi connectivity index (χ2n) is 6.88. The molecule has 0 atom stereocenters. The lowest BCUT2D eigenvalue weighted by molar-refractivity contribution is 0.0783. The summed E-state index contributed by atoms with van der Waals surface area (Å²) < 4.78 is 46.4. The monoisotopic (exact) mass is 484 g/mol. The number of hydrogen-bond acceptors (Lipinski definition) is 4. The topological polar surface area (TPSA) is 66.9 Å². The van der Waals surface area contributed by atoms with E-state index in [1.54, 1.807) is 19.2 Å². The zero-order valence-electron chi connectivity index (χ0n) is 16.2. The Bertz CT molecular complexity index is 1020. The highest BCUT2D eigenvalue weighted by Gasteiger charge is 2.28. The van der Waals surface area contributed by atoms with Gasteiger partial charge in [0, 0.05) is 31.2 Å². The van der Waals surface area contributed by atoms with Crippen LogP contribution in [0.25, 0.3) is 0 Å². The van der Waals surface area contributed by atoms with Gasteiger partial charge < -0.3 is 9.64 Å². The first-order valence-corrected chi connectivity index (χ1v) is 11.3. The molecule has 156 valence electrons. The SMILES string of the molecule is COc1ccc(CN(C)C(=O)c2cc(S(=O)(=O)N3CCCC3)ccc2Br)cc1F. The standard InChI is InChI=1S/C20H22BrFN2O4S/c1-23(13-14-5-8-19(28-2)18(22)11-14)20(25)16-12-15(6-7-17(16)21)29(26,27)24-9-3-4-10-24/h5-8,11-12H,3-4,9-10,13H2,1-2H3. The Kier molecular flexibility index (Phi) is 6.60. The quantitative estimate of drug-likeness (QED) is 0.627. The molecular weight excluding hydrogens is 463 g/mol. The molecule has 1 aliphatic heterocycles. The van der Waals surface area contributed by atoms with Crippen molar-refractivity contribution in [2.45, 2.75) is 24.3 Å². The summed E-state index contributed by atoms with van der Waals surface area (Å²) >= 11 is 3.33. The normalized spacial score (nSPS) is 14.8. The molecule has 1 fully saturated rings. The lowest BCUT2D eigenvalue weighted by Gasteiger charge is -2.20. The summed E-state index contributed by atoms with van der Waals surface area (Å²) in [5, 5.41) is 0. The third kappa shape index (κ3) is 4.62. The number of carbonyl (C=O) groups excluding carboxylic acids is 1. The van der Waals surface area contributed by atoms with Crippen molar-refractivity contribution in [2.75, 3.05) is 27.2 Å². The fourth-order valence-corrected chi connectivity index (χ4v) is 5.23. The molecule has 2 aromatic rings. The number of amides is 1. The van der Waals surface area contributed by atoms with Gasteiger partial charge in [-0.3, -0.25) is 4.79 Å². The molecular formula is C20H22BrFN2O4S. The van der Waals surface area contributed by atoms with Crippen LogP contribution in [0.2, 0.25) is 0 Å². The Morgan fingerprint density at radius 1 is 1.21 bits per heavy atom. The van der Waals surface area contributed by atoms with E-state index >= 15 is 0 Å². The number of benzene rings is 2. The third-order valence-corrected chi connectivity index (χ3v) is 7.44. The maximum atomic E-state index is 13.9. The molecule has 0 bridgehead atoms. The van der Waals surface area contributed by atoms with E-state index in [9.17, 15) is 17.6 Å². The van der Waals surface area contributed by atoms with Gasteiger partial charge in [0.2, 0.25) is 10.0 Å². The van der Waals surface area contributed by atoms with Crippen LogP contribution in [0.4, 0.5) is 4.39 Å². The highest BCUT2D eigenvalue weighted by molar-refractivity contribution is 9.10. The zero-order valence-corrected chi connectivity index (χ0v) is 18.6. The number of carbonyl (C=O) groups is 1. The summed E-state index contributed by atoms with van der Waals surface area (Å²) in [6.45, 7) is 1.14. The number of halogens is 2. The summed E-state index contributed by atoms with van der Waals surface area (Å²) in [4.78, 5) is 14.5. The molecule has 1 amide bonds. The summed E-state index contributed by atoms with van der Waals surface area (Å²) in [7, 11) is -0.666. The fourth-order valence-electron chi connectivity index (χ4n) is 3.27. The van der Waals surface area contributed by atoms with Crippen molar-refractivity contribution in [1.82, 2.24) is 9.21 Å². The molecule has 1 heterocycles. The molecule has 0 N–H and O–H groups in total. The van der Waals surface area contributed by atoms with Crippen LogP contribution < -0.4 is 4.74 Å². The van der Waals surface area contributed by atoms with Crippen LogP contribution in [0.15, 0.2) is 45.8 Å². The van der Waals surface area contributed by atoms with Crippen LogP contribution in [0.1, 0.15) is 28.8 Å². The Morgan fingerprint density at radius 3 is 2.52 bits per heavy atom. The summed E-state index contributed by atoms with van der Waals surface area (Å²) in [6.07, 6.45) is 1.67. The van der Waals surface area contributed by atoms with E-state index < -0.39 is 15.8 Å². The minimum absolute atomic E-state index is 0.0924. The second-order valence-corrected chi connectivity index (χ2v) is 9.68. The Balaban J connectivity index is 1.83. The molecule has 6 nitrogen and oxygen atoms in total. The smallest absolute Gasteiger partial charge is 0.255 e. The minimum Gasteiger partial charge on any atom is -0.494 e. The van der Waals surface area contributed by atoms with Crippen LogP contribution >= 0.6 is 15.9 Å². The van der Waals surface area contributed by atoms with Gasteiger partial charge in [-0.25, -0.2) is 12.8 Å². The van der Waals surface area contributed by atoms with Crippen molar-refractivity contribution in [2.24, 2.45) is 0 Å². The summed E-state index contributed by atoms with van der Waals surface area (Å²) in [5.74, 6) is -0.748. The molecule has 0 spiro atoms. The van der Waals surface area contributed by atoms with Gasteiger partial charge in [0.15, 0.2) is 11.6 Å². The average molecular weight is 485 g/mol. The highest BCUT2D eigenvalue weighted by Crippen LogP contribution is 2.27. The van der Waals surface area contributed by atoms with Crippen molar-refractivity contribution in [3.8, 4) is 5.75 Å². The first-order valence-electron chi connectivity index (χ1n) is 9.11. The second kappa shape index (κ2) is 8.81. The maximum absolute atomic E-state index is 13.9. The van der Waals surface area contributed by atoms with Crippen molar-refractivity contribution < 1.29 is 22.3 Å². The first kappa shape index (κ1) is 21.7. The molecule has 2 aromatic carbocycles. The molecule has 0 unspecified atom stereocenters. The van der Waals surface area contributed by atoms with E-state index in [1.165, 1.54) is 40.6 Å². The average Bonchev–Trinajstić information content (AvgIpc) is 3.23. The zero-order chi connectivity index (χ0) is 21.2. The number of hydrogen-bond donors (Lipinski definition) is 0. The van der Waals surface area contributed by atoms with Gasteiger partial charge in [0.25, 0.3) is 5.91 Å². The van der Waals surface area contributed by atoms with Crippen LogP contribution in [0, 0.1) is 5.82 Å². The lowest BCUT2D eigenvalue weighted by atomic mass is 10.1. The predicted molar refractivity (Wildman–Crippen MR) is 111 cm³/mol. The Hall–Kier alpha value is -1.97. The van der Waals surface area contributed by atoms with Gasteiger partial charge in [-0.2, -0.15) is 4.31 Å². The number of sulfonamides is 1. The number of ether oxygens (including phenoxy) is 1. The number of nitrogens with zero attached hydrogens (tertiary/aromatic N) is 2. The van der Waals surface area contributed by atoms with Crippen LogP contribution in [0.5, 0.6) is 5.75 Å². The Labute approximate surface area is 178 Å². The van der Waals surface area contributed by atoms with Crippen molar-refractivity contribution in [3.05, 3.63) is 57.8 Å². The summed E-state index contributed by atoms with van der Waals surface area (Å²) in [6, 6.07) is 8.94. The predicted octanol–water partition coefficient (Wildman–Crippen LogP) is 3.65. The van der Waals surface area contributed by atoms with Gasteiger partial charge in [-0.1, -0.05) is 6.07 Å². The van der Waals surface area contributed by atoms with E-state index in [4.69, 9.17) is 4.74 Å². The van der Waals surface area contributed by atoms with Gasteiger partial charge >= 0.3 is 0 Å². The molecule has 0 radical (unpaired) electrons. The largest absolute Gasteiger partial charge is 0.494 e. The molecule has 29 heavy (non-hydrogen) atoms. The molecule has 1 saturated heterocycles. The maximum Gasteiger partial charge on any atom is 0.255 e. The molecule has 3 rings (SSSR count). The third-order valence-electron chi connectivity index (χ3n) is 4.85. The van der Waals surface area contributed by atoms with Crippen LogP contribution in [-0.2, 0) is 16.6 Å². The number of rotatable bonds is 6. The van der Waals surface area contributed by atoms with Gasteiger partial charge in [-0.05, 0) is 64.7 Å². The van der Waals surface area contributed by atoms with E-state index in [2.05, 4.69) is 15.9 Å². The molecule has 1 aliphatic rings. The molecule has 9 heteroatoms. The highest BCUT2D eigenvalue weighted by atomic mass is 79.9. The van der Waals surface area contributed by atoms with Crippen LogP contribution in [-0.4, -0.2) is 50.8 Å². The fraction of sp³-hybridized carbons (Fsp3) is 0.350. The van der Waals surface area contributed by atoms with Gasteiger partial charge in [0.05, 0.1) is 17.6 Å². The van der Waals surface area contributed by atoms with E-state index in [1.807, 2.05) is 0 Å². The van der Waals surface area contributed by atoms with Crippen molar-refractivity contribution >= 4 is 31.9 Å². The summed E-state index contributed by atoms with van der Waals surface area (Å²) in [5.41, 5.74) is 0.831. The molecule has 0 saturated carbocycles. The first-order chi connectivity index (χ1) is 13.7. The minimum atomic E-state index is -3.63. The van der Waals surface area contributed by atoms with E-state index in [0.29, 0.717) is 23.1 Å². The van der Waals surface area contributed by atoms with Crippen LogP contribution in [0.3, 0.4) is 0 Å². The molecule has 0 aliphatic carbocycles. The van der Waals surface area contributed by atoms with Crippen molar-refractivity contribution in [3.63, 3.8) is 0 Å². The van der Waals surface area contributed by atoms with E-state index in [0.717, 1.165) is 12.8 Å².